The van der Waals surface area contributed by atoms with E-state index >= 15 is 0 Å². The Hall–Kier alpha value is -3.10. The monoisotopic (exact) mass is 449 g/mol. The molecule has 0 radical (unpaired) electrons. The molecule has 0 aliphatic carbocycles. The van der Waals surface area contributed by atoms with Gasteiger partial charge in [-0.3, -0.25) is 9.59 Å². The summed E-state index contributed by atoms with van der Waals surface area (Å²) < 4.78 is 10.3. The molecule has 0 aromatic heterocycles. The van der Waals surface area contributed by atoms with Crippen LogP contribution < -0.4 is 16.0 Å². The highest BCUT2D eigenvalue weighted by Gasteiger charge is 2.26. The number of carbonyl (C=O) groups excluding carboxylic acids is 4. The number of amides is 3. The molecule has 0 saturated carbocycles. The van der Waals surface area contributed by atoms with Crippen molar-refractivity contribution in [2.45, 2.75) is 72.3 Å². The van der Waals surface area contributed by atoms with Crippen LogP contribution in [0.25, 0.3) is 0 Å². The molecule has 1 rings (SSSR count). The predicted molar refractivity (Wildman–Crippen MR) is 119 cm³/mol. The van der Waals surface area contributed by atoms with Crippen LogP contribution in [0.3, 0.4) is 0 Å². The van der Waals surface area contributed by atoms with E-state index < -0.39 is 41.6 Å². The Morgan fingerprint density at radius 1 is 0.969 bits per heavy atom. The number of nitrogens with one attached hydrogen (secondary N) is 3. The van der Waals surface area contributed by atoms with Crippen LogP contribution in [-0.4, -0.2) is 48.1 Å². The fourth-order valence-electron chi connectivity index (χ4n) is 2.64. The van der Waals surface area contributed by atoms with Crippen molar-refractivity contribution in [1.29, 1.82) is 0 Å². The Kier molecular flexibility index (Phi) is 10.7. The summed E-state index contributed by atoms with van der Waals surface area (Å²) in [6, 6.07) is 7.44. The second-order valence-electron chi connectivity index (χ2n) is 8.93. The topological polar surface area (TPSA) is 123 Å². The highest BCUT2D eigenvalue weighted by molar-refractivity contribution is 5.91. The van der Waals surface area contributed by atoms with Gasteiger partial charge in [-0.15, -0.1) is 0 Å². The van der Waals surface area contributed by atoms with Gasteiger partial charge < -0.3 is 25.4 Å². The summed E-state index contributed by atoms with van der Waals surface area (Å²) in [6.07, 6.45) is -0.372. The molecule has 2 atom stereocenters. The average Bonchev–Trinajstić information content (AvgIpc) is 2.69. The number of hydrogen-bond acceptors (Lipinski definition) is 6. The average molecular weight is 450 g/mol. The smallest absolute Gasteiger partial charge is 0.408 e. The number of benzene rings is 1. The normalized spacial score (nSPS) is 13.0. The van der Waals surface area contributed by atoms with Gasteiger partial charge in [-0.05, 0) is 45.6 Å². The lowest BCUT2D eigenvalue weighted by atomic mass is 10.0. The second kappa shape index (κ2) is 12.7. The molecule has 32 heavy (non-hydrogen) atoms. The van der Waals surface area contributed by atoms with Gasteiger partial charge in [0, 0.05) is 0 Å². The van der Waals surface area contributed by atoms with Crippen molar-refractivity contribution in [2.75, 3.05) is 6.54 Å². The molecule has 0 fully saturated rings. The van der Waals surface area contributed by atoms with Crippen molar-refractivity contribution in [3.63, 3.8) is 0 Å². The maximum Gasteiger partial charge on any atom is 0.408 e. The Morgan fingerprint density at radius 2 is 1.59 bits per heavy atom. The first-order valence-corrected chi connectivity index (χ1v) is 10.6. The standard InChI is InChI=1S/C23H35N3O6/c1-15(2)12-18(26-19(27)13-24-22(30)32-23(4,5)6)20(28)25-16(3)21(29)31-14-17-10-8-7-9-11-17/h7-11,15-16,18H,12-14H2,1-6H3,(H,24,30)(H,25,28)(H,26,27)/t16-,18-/m0/s1. The SMILES string of the molecule is CC(C)C[C@H](NC(=O)CNC(=O)OC(C)(C)C)C(=O)N[C@@H](C)C(=O)OCc1ccccc1. The van der Waals surface area contributed by atoms with Gasteiger partial charge in [-0.1, -0.05) is 44.2 Å². The molecule has 0 bridgehead atoms. The van der Waals surface area contributed by atoms with Crippen molar-refractivity contribution in [3.8, 4) is 0 Å². The molecular weight excluding hydrogens is 414 g/mol. The number of alkyl carbamates (subject to hydrolysis) is 1. The summed E-state index contributed by atoms with van der Waals surface area (Å²) in [6.45, 7) is 10.2. The van der Waals surface area contributed by atoms with E-state index in [1.807, 2.05) is 44.2 Å². The lowest BCUT2D eigenvalue weighted by Crippen LogP contribution is -2.53. The van der Waals surface area contributed by atoms with Crippen LogP contribution in [0.2, 0.25) is 0 Å². The van der Waals surface area contributed by atoms with E-state index in [2.05, 4.69) is 16.0 Å². The third-order valence-electron chi connectivity index (χ3n) is 4.09. The third kappa shape index (κ3) is 11.3. The highest BCUT2D eigenvalue weighted by Crippen LogP contribution is 2.08. The molecule has 0 heterocycles. The molecule has 0 spiro atoms. The van der Waals surface area contributed by atoms with Crippen molar-refractivity contribution < 1.29 is 28.7 Å². The van der Waals surface area contributed by atoms with Crippen molar-refractivity contribution in [1.82, 2.24) is 16.0 Å². The number of ether oxygens (including phenoxy) is 2. The first kappa shape index (κ1) is 26.9. The zero-order valence-electron chi connectivity index (χ0n) is 19.7. The van der Waals surface area contributed by atoms with Gasteiger partial charge in [0.05, 0.1) is 0 Å². The minimum absolute atomic E-state index is 0.0996. The van der Waals surface area contributed by atoms with Crippen LogP contribution in [0.4, 0.5) is 4.79 Å². The van der Waals surface area contributed by atoms with Crippen LogP contribution in [0.15, 0.2) is 30.3 Å². The number of esters is 1. The summed E-state index contributed by atoms with van der Waals surface area (Å²) >= 11 is 0. The molecule has 3 N–H and O–H groups in total. The van der Waals surface area contributed by atoms with Crippen LogP contribution in [0.1, 0.15) is 53.5 Å². The quantitative estimate of drug-likeness (QED) is 0.471. The van der Waals surface area contributed by atoms with Crippen molar-refractivity contribution in [3.05, 3.63) is 35.9 Å². The minimum atomic E-state index is -0.891. The maximum atomic E-state index is 12.7. The number of rotatable bonds is 10. The Morgan fingerprint density at radius 3 is 2.16 bits per heavy atom. The Balaban J connectivity index is 2.57. The lowest BCUT2D eigenvalue weighted by molar-refractivity contribution is -0.148. The van der Waals surface area contributed by atoms with Gasteiger partial charge in [-0.25, -0.2) is 9.59 Å². The first-order valence-electron chi connectivity index (χ1n) is 10.6. The summed E-state index contributed by atoms with van der Waals surface area (Å²) in [5.74, 6) is -1.53. The van der Waals surface area contributed by atoms with E-state index in [1.165, 1.54) is 6.92 Å². The molecule has 3 amide bonds. The third-order valence-corrected chi connectivity index (χ3v) is 4.09. The largest absolute Gasteiger partial charge is 0.459 e. The van der Waals surface area contributed by atoms with Gasteiger partial charge in [0.15, 0.2) is 0 Å². The highest BCUT2D eigenvalue weighted by atomic mass is 16.6. The van der Waals surface area contributed by atoms with Crippen LogP contribution >= 0.6 is 0 Å². The summed E-state index contributed by atoms with van der Waals surface area (Å²) in [5, 5.41) is 7.53. The summed E-state index contributed by atoms with van der Waals surface area (Å²) in [7, 11) is 0. The molecule has 178 valence electrons. The van der Waals surface area contributed by atoms with E-state index in [-0.39, 0.29) is 19.1 Å². The molecule has 0 unspecified atom stereocenters. The van der Waals surface area contributed by atoms with Gasteiger partial charge >= 0.3 is 12.1 Å². The van der Waals surface area contributed by atoms with E-state index in [1.54, 1.807) is 20.8 Å². The fraction of sp³-hybridized carbons (Fsp3) is 0.565. The molecular formula is C23H35N3O6. The molecule has 1 aromatic rings. The van der Waals surface area contributed by atoms with Crippen molar-refractivity contribution in [2.24, 2.45) is 5.92 Å². The summed E-state index contributed by atoms with van der Waals surface area (Å²) in [5.41, 5.74) is 0.146. The summed E-state index contributed by atoms with van der Waals surface area (Å²) in [4.78, 5) is 48.8. The molecule has 0 aliphatic heterocycles. The van der Waals surface area contributed by atoms with Gasteiger partial charge in [0.2, 0.25) is 11.8 Å². The number of carbonyl (C=O) groups is 4. The zero-order chi connectivity index (χ0) is 24.3. The molecule has 1 aromatic carbocycles. The Bertz CT molecular complexity index is 774. The predicted octanol–water partition coefficient (Wildman–Crippen LogP) is 2.29. The van der Waals surface area contributed by atoms with E-state index in [4.69, 9.17) is 9.47 Å². The fourth-order valence-corrected chi connectivity index (χ4v) is 2.64. The van der Waals surface area contributed by atoms with E-state index in [9.17, 15) is 19.2 Å². The van der Waals surface area contributed by atoms with Crippen LogP contribution in [-0.2, 0) is 30.5 Å². The maximum absolute atomic E-state index is 12.7. The minimum Gasteiger partial charge on any atom is -0.459 e. The van der Waals surface area contributed by atoms with Crippen molar-refractivity contribution >= 4 is 23.9 Å². The number of hydrogen-bond donors (Lipinski definition) is 3. The molecule has 9 nitrogen and oxygen atoms in total. The van der Waals surface area contributed by atoms with E-state index in [0.717, 1.165) is 5.56 Å². The molecule has 0 aliphatic rings. The zero-order valence-corrected chi connectivity index (χ0v) is 19.7. The molecule has 9 heteroatoms. The lowest BCUT2D eigenvalue weighted by Gasteiger charge is -2.23. The van der Waals surface area contributed by atoms with Crippen LogP contribution in [0.5, 0.6) is 0 Å². The van der Waals surface area contributed by atoms with Gasteiger partial charge in [0.1, 0.15) is 30.8 Å². The Labute approximate surface area is 189 Å². The van der Waals surface area contributed by atoms with Crippen LogP contribution in [0, 0.1) is 5.92 Å². The van der Waals surface area contributed by atoms with E-state index in [0.29, 0.717) is 6.42 Å². The molecule has 0 saturated heterocycles. The second-order valence-corrected chi connectivity index (χ2v) is 8.93. The first-order chi connectivity index (χ1) is 14.9. The van der Waals surface area contributed by atoms with Gasteiger partial charge in [0.25, 0.3) is 0 Å². The van der Waals surface area contributed by atoms with Gasteiger partial charge in [-0.2, -0.15) is 0 Å².